The maximum absolute atomic E-state index is 11.9. The number of rotatable bonds is 4. The monoisotopic (exact) mass is 305 g/mol. The lowest BCUT2D eigenvalue weighted by molar-refractivity contribution is -0.137. The van der Waals surface area contributed by atoms with Crippen LogP contribution in [0.25, 0.3) is 0 Å². The first-order valence-electron chi connectivity index (χ1n) is 7.52. The molecule has 0 bridgehead atoms. The Labute approximate surface area is 134 Å². The van der Waals surface area contributed by atoms with Crippen molar-refractivity contribution in [3.05, 3.63) is 83.9 Å². The second-order valence-electron chi connectivity index (χ2n) is 5.76. The van der Waals surface area contributed by atoms with Crippen molar-refractivity contribution in [3.63, 3.8) is 0 Å². The van der Waals surface area contributed by atoms with Crippen molar-refractivity contribution in [2.24, 2.45) is 0 Å². The molecule has 2 aliphatic rings. The molecule has 2 atom stereocenters. The van der Waals surface area contributed by atoms with E-state index in [0.717, 1.165) is 11.1 Å². The molecule has 2 aromatic rings. The van der Waals surface area contributed by atoms with E-state index in [9.17, 15) is 9.59 Å². The van der Waals surface area contributed by atoms with E-state index in [2.05, 4.69) is 0 Å². The number of benzene rings is 2. The van der Waals surface area contributed by atoms with Crippen molar-refractivity contribution in [2.45, 2.75) is 11.7 Å². The summed E-state index contributed by atoms with van der Waals surface area (Å²) in [5.74, 6) is -0.569. The summed E-state index contributed by atoms with van der Waals surface area (Å²) in [6.07, 6.45) is 2.45. The topological polar surface area (TPSA) is 49.9 Å². The molecule has 1 fully saturated rings. The van der Waals surface area contributed by atoms with Crippen molar-refractivity contribution in [3.8, 4) is 0 Å². The van der Waals surface area contributed by atoms with Gasteiger partial charge in [0.25, 0.3) is 11.8 Å². The lowest BCUT2D eigenvalue weighted by atomic mass is 9.91. The standard InChI is InChI=1S/C19H15NO3/c21-16-11-12-17(22)20(16)13-19(15-9-5-2-6-10-15)18(23-19)14-7-3-1-4-8-14/h1-12,18H,13H2. The van der Waals surface area contributed by atoms with Gasteiger partial charge in [0.1, 0.15) is 11.7 Å². The number of carbonyl (C=O) groups excluding carboxylic acids is 2. The summed E-state index contributed by atoms with van der Waals surface area (Å²) in [4.78, 5) is 25.1. The lowest BCUT2D eigenvalue weighted by Gasteiger charge is -2.20. The molecule has 2 unspecified atom stereocenters. The molecule has 0 aliphatic carbocycles. The second-order valence-corrected chi connectivity index (χ2v) is 5.76. The highest BCUT2D eigenvalue weighted by Crippen LogP contribution is 2.57. The summed E-state index contributed by atoms with van der Waals surface area (Å²) in [6, 6.07) is 19.6. The molecule has 2 amide bonds. The van der Waals surface area contributed by atoms with E-state index < -0.39 is 5.60 Å². The molecule has 1 saturated heterocycles. The van der Waals surface area contributed by atoms with Crippen LogP contribution in [0.4, 0.5) is 0 Å². The highest BCUT2D eigenvalue weighted by molar-refractivity contribution is 6.13. The Morgan fingerprint density at radius 2 is 1.43 bits per heavy atom. The van der Waals surface area contributed by atoms with Crippen molar-refractivity contribution < 1.29 is 14.3 Å². The molecule has 0 N–H and O–H groups in total. The van der Waals surface area contributed by atoms with E-state index in [1.54, 1.807) is 0 Å². The summed E-state index contributed by atoms with van der Waals surface area (Å²) in [5.41, 5.74) is 1.35. The van der Waals surface area contributed by atoms with E-state index in [-0.39, 0.29) is 24.5 Å². The molecule has 23 heavy (non-hydrogen) atoms. The zero-order valence-corrected chi connectivity index (χ0v) is 12.4. The third kappa shape index (κ3) is 2.28. The van der Waals surface area contributed by atoms with Gasteiger partial charge in [0.2, 0.25) is 0 Å². The molecule has 0 spiro atoms. The van der Waals surface area contributed by atoms with Gasteiger partial charge < -0.3 is 4.74 Å². The maximum atomic E-state index is 11.9. The summed E-state index contributed by atoms with van der Waals surface area (Å²) in [7, 11) is 0. The van der Waals surface area contributed by atoms with Crippen molar-refractivity contribution >= 4 is 11.8 Å². The Morgan fingerprint density at radius 1 is 0.870 bits per heavy atom. The number of hydrogen-bond acceptors (Lipinski definition) is 3. The van der Waals surface area contributed by atoms with Crippen LogP contribution >= 0.6 is 0 Å². The van der Waals surface area contributed by atoms with Gasteiger partial charge in [-0.2, -0.15) is 0 Å². The van der Waals surface area contributed by atoms with Crippen molar-refractivity contribution in [2.75, 3.05) is 6.54 Å². The zero-order valence-electron chi connectivity index (χ0n) is 12.4. The first kappa shape index (κ1) is 13.9. The van der Waals surface area contributed by atoms with Gasteiger partial charge in [0.15, 0.2) is 0 Å². The minimum Gasteiger partial charge on any atom is -0.354 e. The number of carbonyl (C=O) groups is 2. The summed E-state index contributed by atoms with van der Waals surface area (Å²) in [5, 5.41) is 0. The number of ether oxygens (including phenoxy) is 1. The highest BCUT2D eigenvalue weighted by Gasteiger charge is 2.60. The van der Waals surface area contributed by atoms with Gasteiger partial charge in [0, 0.05) is 12.2 Å². The van der Waals surface area contributed by atoms with Crippen LogP contribution in [0.5, 0.6) is 0 Å². The van der Waals surface area contributed by atoms with E-state index >= 15 is 0 Å². The molecule has 2 heterocycles. The van der Waals surface area contributed by atoms with Crippen molar-refractivity contribution in [1.29, 1.82) is 0 Å². The summed E-state index contributed by atoms with van der Waals surface area (Å²) in [6.45, 7) is 0.223. The van der Waals surface area contributed by atoms with Gasteiger partial charge in [-0.15, -0.1) is 0 Å². The Hall–Kier alpha value is -2.72. The third-order valence-electron chi connectivity index (χ3n) is 4.35. The molecule has 0 saturated carbocycles. The maximum Gasteiger partial charge on any atom is 0.253 e. The summed E-state index contributed by atoms with van der Waals surface area (Å²) >= 11 is 0. The SMILES string of the molecule is O=C1C=CC(=O)N1CC1(c2ccccc2)OC1c1ccccc1. The van der Waals surface area contributed by atoms with E-state index in [1.165, 1.54) is 17.1 Å². The fraction of sp³-hybridized carbons (Fsp3) is 0.158. The minimum atomic E-state index is -0.667. The molecule has 2 aliphatic heterocycles. The van der Waals surface area contributed by atoms with Gasteiger partial charge in [-0.1, -0.05) is 60.7 Å². The Balaban J connectivity index is 1.70. The van der Waals surface area contributed by atoms with Gasteiger partial charge in [-0.3, -0.25) is 14.5 Å². The predicted octanol–water partition coefficient (Wildman–Crippen LogP) is 2.58. The van der Waals surface area contributed by atoms with Gasteiger partial charge in [-0.25, -0.2) is 0 Å². The van der Waals surface area contributed by atoms with Crippen LogP contribution in [0, 0.1) is 0 Å². The number of hydrogen-bond donors (Lipinski definition) is 0. The Bertz CT molecular complexity index is 767. The average Bonchev–Trinajstić information content (AvgIpc) is 3.26. The third-order valence-corrected chi connectivity index (χ3v) is 4.35. The first-order valence-corrected chi connectivity index (χ1v) is 7.52. The molecule has 4 nitrogen and oxygen atoms in total. The quantitative estimate of drug-likeness (QED) is 0.644. The largest absolute Gasteiger partial charge is 0.354 e. The van der Waals surface area contributed by atoms with E-state index in [1.807, 2.05) is 60.7 Å². The van der Waals surface area contributed by atoms with Gasteiger partial charge >= 0.3 is 0 Å². The molecule has 0 aromatic heterocycles. The smallest absolute Gasteiger partial charge is 0.253 e. The summed E-state index contributed by atoms with van der Waals surface area (Å²) < 4.78 is 6.06. The van der Waals surface area contributed by atoms with Gasteiger partial charge in [-0.05, 0) is 11.1 Å². The molecule has 114 valence electrons. The number of nitrogens with zero attached hydrogens (tertiary/aromatic N) is 1. The molecule has 2 aromatic carbocycles. The molecular weight excluding hydrogens is 290 g/mol. The molecular formula is C19H15NO3. The Kier molecular flexibility index (Phi) is 3.13. The fourth-order valence-electron chi connectivity index (χ4n) is 3.11. The van der Waals surface area contributed by atoms with Crippen molar-refractivity contribution in [1.82, 2.24) is 4.90 Å². The lowest BCUT2D eigenvalue weighted by Crippen LogP contribution is -2.38. The van der Waals surface area contributed by atoms with Crippen LogP contribution in [0.3, 0.4) is 0 Å². The van der Waals surface area contributed by atoms with Gasteiger partial charge in [0.05, 0.1) is 6.54 Å². The minimum absolute atomic E-state index is 0.160. The van der Waals surface area contributed by atoms with Crippen LogP contribution in [0.15, 0.2) is 72.8 Å². The normalized spacial score (nSPS) is 25.9. The van der Waals surface area contributed by atoms with Crippen LogP contribution < -0.4 is 0 Å². The number of epoxide rings is 1. The first-order chi connectivity index (χ1) is 11.2. The Morgan fingerprint density at radius 3 is 2.04 bits per heavy atom. The van der Waals surface area contributed by atoms with Crippen LogP contribution in [0.1, 0.15) is 17.2 Å². The number of imide groups is 1. The van der Waals surface area contributed by atoms with E-state index in [0.29, 0.717) is 0 Å². The molecule has 4 heteroatoms. The fourth-order valence-corrected chi connectivity index (χ4v) is 3.11. The highest BCUT2D eigenvalue weighted by atomic mass is 16.6. The van der Waals surface area contributed by atoms with Crippen LogP contribution in [0.2, 0.25) is 0 Å². The predicted molar refractivity (Wildman–Crippen MR) is 84.2 cm³/mol. The second kappa shape index (κ2) is 5.18. The van der Waals surface area contributed by atoms with E-state index in [4.69, 9.17) is 4.74 Å². The average molecular weight is 305 g/mol. The molecule has 4 rings (SSSR count). The van der Waals surface area contributed by atoms with Crippen LogP contribution in [-0.2, 0) is 19.9 Å². The molecule has 0 radical (unpaired) electrons. The number of amides is 2. The van der Waals surface area contributed by atoms with Crippen LogP contribution in [-0.4, -0.2) is 23.3 Å². The zero-order chi connectivity index (χ0) is 15.9.